The van der Waals surface area contributed by atoms with Crippen LogP contribution in [0.15, 0.2) is 42.7 Å². The van der Waals surface area contributed by atoms with Crippen LogP contribution in [0.2, 0.25) is 0 Å². The Labute approximate surface area is 114 Å². The highest BCUT2D eigenvalue weighted by atomic mass is 16.3. The fourth-order valence-corrected chi connectivity index (χ4v) is 2.66. The maximum absolute atomic E-state index is 10.4. The van der Waals surface area contributed by atoms with Crippen LogP contribution in [0.25, 0.3) is 0 Å². The molecule has 1 saturated carbocycles. The number of hydrogen-bond acceptors (Lipinski definition) is 2. The molecule has 1 aromatic carbocycles. The van der Waals surface area contributed by atoms with E-state index in [9.17, 15) is 5.11 Å². The Bertz CT molecular complexity index is 558. The van der Waals surface area contributed by atoms with Crippen LogP contribution in [0.3, 0.4) is 0 Å². The van der Waals surface area contributed by atoms with Crippen molar-refractivity contribution in [2.24, 2.45) is 0 Å². The van der Waals surface area contributed by atoms with Crippen LogP contribution in [0.5, 0.6) is 0 Å². The molecule has 3 rings (SSSR count). The number of benzene rings is 1. The first-order valence-electron chi connectivity index (χ1n) is 6.94. The molecule has 2 aromatic rings. The van der Waals surface area contributed by atoms with E-state index < -0.39 is 6.10 Å². The molecule has 2 nitrogen and oxygen atoms in total. The van der Waals surface area contributed by atoms with Gasteiger partial charge in [0.2, 0.25) is 0 Å². The predicted molar refractivity (Wildman–Crippen MR) is 76.1 cm³/mol. The lowest BCUT2D eigenvalue weighted by molar-refractivity contribution is 0.219. The molecule has 0 spiro atoms. The topological polar surface area (TPSA) is 33.1 Å². The second-order valence-corrected chi connectivity index (χ2v) is 5.43. The minimum Gasteiger partial charge on any atom is -0.384 e. The number of aliphatic hydroxyl groups excluding tert-OH is 1. The van der Waals surface area contributed by atoms with Gasteiger partial charge in [-0.05, 0) is 54.0 Å². The molecule has 0 aliphatic heterocycles. The lowest BCUT2D eigenvalue weighted by atomic mass is 9.80. The summed E-state index contributed by atoms with van der Waals surface area (Å²) in [5.74, 6) is 0.744. The molecule has 1 fully saturated rings. The van der Waals surface area contributed by atoms with Gasteiger partial charge in [0.1, 0.15) is 6.10 Å². The molecular weight excluding hydrogens is 234 g/mol. The van der Waals surface area contributed by atoms with Crippen molar-refractivity contribution in [2.75, 3.05) is 0 Å². The Morgan fingerprint density at radius 1 is 1.16 bits per heavy atom. The maximum atomic E-state index is 10.4. The number of nitrogens with zero attached hydrogens (tertiary/aromatic N) is 1. The van der Waals surface area contributed by atoms with Gasteiger partial charge in [-0.15, -0.1) is 0 Å². The molecule has 1 unspecified atom stereocenters. The molecule has 0 bridgehead atoms. The molecule has 1 atom stereocenters. The first-order chi connectivity index (χ1) is 9.25. The van der Waals surface area contributed by atoms with Crippen LogP contribution in [0.1, 0.15) is 53.5 Å². The van der Waals surface area contributed by atoms with Gasteiger partial charge in [0, 0.05) is 12.4 Å². The highest BCUT2D eigenvalue weighted by molar-refractivity contribution is 5.35. The predicted octanol–water partition coefficient (Wildman–Crippen LogP) is 3.74. The number of hydrogen-bond donors (Lipinski definition) is 1. The van der Waals surface area contributed by atoms with E-state index in [2.05, 4.69) is 29.2 Å². The second kappa shape index (κ2) is 5.14. The minimum atomic E-state index is -0.557. The number of aromatic nitrogens is 1. The van der Waals surface area contributed by atoms with E-state index in [-0.39, 0.29) is 0 Å². The van der Waals surface area contributed by atoms with E-state index in [1.807, 2.05) is 13.0 Å². The molecule has 2 heteroatoms. The molecule has 1 heterocycles. The monoisotopic (exact) mass is 253 g/mol. The Hall–Kier alpha value is -1.67. The summed E-state index contributed by atoms with van der Waals surface area (Å²) in [5.41, 5.74) is 4.33. The van der Waals surface area contributed by atoms with Crippen LogP contribution in [0, 0.1) is 6.92 Å². The van der Waals surface area contributed by atoms with Crippen molar-refractivity contribution in [2.45, 2.75) is 38.2 Å². The van der Waals surface area contributed by atoms with E-state index in [0.717, 1.165) is 22.6 Å². The Morgan fingerprint density at radius 2 is 1.89 bits per heavy atom. The summed E-state index contributed by atoms with van der Waals surface area (Å²) < 4.78 is 0. The van der Waals surface area contributed by atoms with Crippen molar-refractivity contribution in [1.82, 2.24) is 4.98 Å². The number of rotatable bonds is 3. The van der Waals surface area contributed by atoms with Crippen LogP contribution in [-0.2, 0) is 0 Å². The molecule has 19 heavy (non-hydrogen) atoms. The molecule has 1 aliphatic carbocycles. The van der Waals surface area contributed by atoms with Crippen molar-refractivity contribution < 1.29 is 5.11 Å². The summed E-state index contributed by atoms with van der Waals surface area (Å²) in [5, 5.41) is 10.4. The molecule has 0 amide bonds. The molecule has 1 aromatic heterocycles. The molecule has 98 valence electrons. The molecule has 0 saturated heterocycles. The fraction of sp³-hybridized carbons (Fsp3) is 0.353. The van der Waals surface area contributed by atoms with E-state index in [0.29, 0.717) is 0 Å². The van der Waals surface area contributed by atoms with Crippen molar-refractivity contribution in [3.8, 4) is 0 Å². The summed E-state index contributed by atoms with van der Waals surface area (Å²) in [4.78, 5) is 4.07. The Kier molecular flexibility index (Phi) is 3.34. The second-order valence-electron chi connectivity index (χ2n) is 5.43. The molecule has 1 aliphatic rings. The first-order valence-corrected chi connectivity index (χ1v) is 6.94. The van der Waals surface area contributed by atoms with Crippen LogP contribution in [0.4, 0.5) is 0 Å². The lowest BCUT2D eigenvalue weighted by Gasteiger charge is -2.26. The fourth-order valence-electron chi connectivity index (χ4n) is 2.66. The highest BCUT2D eigenvalue weighted by Crippen LogP contribution is 2.36. The first kappa shape index (κ1) is 12.4. The minimum absolute atomic E-state index is 0.557. The van der Waals surface area contributed by atoms with Gasteiger partial charge in [0.25, 0.3) is 0 Å². The summed E-state index contributed by atoms with van der Waals surface area (Å²) in [6.45, 7) is 1.98. The normalized spacial score (nSPS) is 16.9. The molecule has 0 radical (unpaired) electrons. The zero-order valence-corrected chi connectivity index (χ0v) is 11.2. The highest BCUT2D eigenvalue weighted by Gasteiger charge is 2.20. The lowest BCUT2D eigenvalue weighted by Crippen LogP contribution is -2.09. The van der Waals surface area contributed by atoms with Gasteiger partial charge in [-0.2, -0.15) is 0 Å². The average Bonchev–Trinajstić information content (AvgIpc) is 2.37. The van der Waals surface area contributed by atoms with Gasteiger partial charge in [-0.25, -0.2) is 0 Å². The molecular formula is C17H19NO. The van der Waals surface area contributed by atoms with E-state index in [1.165, 1.54) is 24.8 Å². The Morgan fingerprint density at radius 3 is 2.47 bits per heavy atom. The summed E-state index contributed by atoms with van der Waals surface area (Å²) in [7, 11) is 0. The zero-order valence-electron chi connectivity index (χ0n) is 11.2. The van der Waals surface area contributed by atoms with Gasteiger partial charge in [-0.1, -0.05) is 30.7 Å². The number of pyridine rings is 1. The van der Waals surface area contributed by atoms with Gasteiger partial charge >= 0.3 is 0 Å². The SMILES string of the molecule is Cc1cnccc1C(O)c1ccc(C2CCC2)cc1. The zero-order chi connectivity index (χ0) is 13.2. The van der Waals surface area contributed by atoms with E-state index >= 15 is 0 Å². The average molecular weight is 253 g/mol. The van der Waals surface area contributed by atoms with Crippen molar-refractivity contribution >= 4 is 0 Å². The summed E-state index contributed by atoms with van der Waals surface area (Å²) in [6.07, 6.45) is 6.94. The van der Waals surface area contributed by atoms with Crippen LogP contribution in [-0.4, -0.2) is 10.1 Å². The van der Waals surface area contributed by atoms with Gasteiger partial charge in [0.05, 0.1) is 0 Å². The van der Waals surface area contributed by atoms with Gasteiger partial charge in [-0.3, -0.25) is 4.98 Å². The smallest absolute Gasteiger partial charge is 0.104 e. The third kappa shape index (κ3) is 2.41. The quantitative estimate of drug-likeness (QED) is 0.904. The van der Waals surface area contributed by atoms with Crippen LogP contribution >= 0.6 is 0 Å². The number of aryl methyl sites for hydroxylation is 1. The largest absolute Gasteiger partial charge is 0.384 e. The standard InChI is InChI=1S/C17H19NO/c1-12-11-18-10-9-16(12)17(19)15-7-5-14(6-8-15)13-3-2-4-13/h5-11,13,17,19H,2-4H2,1H3. The summed E-state index contributed by atoms with van der Waals surface area (Å²) in [6, 6.07) is 10.3. The van der Waals surface area contributed by atoms with E-state index in [4.69, 9.17) is 0 Å². The third-order valence-electron chi connectivity index (χ3n) is 4.19. The third-order valence-corrected chi connectivity index (χ3v) is 4.19. The Balaban J connectivity index is 1.83. The molecule has 1 N–H and O–H groups in total. The maximum Gasteiger partial charge on any atom is 0.104 e. The van der Waals surface area contributed by atoms with Crippen LogP contribution < -0.4 is 0 Å². The van der Waals surface area contributed by atoms with Gasteiger partial charge in [0.15, 0.2) is 0 Å². The summed E-state index contributed by atoms with van der Waals surface area (Å²) >= 11 is 0. The van der Waals surface area contributed by atoms with Crippen molar-refractivity contribution in [3.63, 3.8) is 0 Å². The van der Waals surface area contributed by atoms with Gasteiger partial charge < -0.3 is 5.11 Å². The van der Waals surface area contributed by atoms with Crippen molar-refractivity contribution in [3.05, 3.63) is 65.0 Å². The van der Waals surface area contributed by atoms with Crippen molar-refractivity contribution in [1.29, 1.82) is 0 Å². The number of aliphatic hydroxyl groups is 1. The van der Waals surface area contributed by atoms with E-state index in [1.54, 1.807) is 12.4 Å².